The van der Waals surface area contributed by atoms with Crippen molar-refractivity contribution in [1.82, 2.24) is 10.0 Å². The lowest BCUT2D eigenvalue weighted by Gasteiger charge is -2.11. The van der Waals surface area contributed by atoms with Crippen molar-refractivity contribution >= 4 is 32.9 Å². The number of hydrogen-bond donors (Lipinski definition) is 2. The number of aliphatic imine (C=N–C) groups is 1. The highest BCUT2D eigenvalue weighted by Gasteiger charge is 2.19. The van der Waals surface area contributed by atoms with Crippen molar-refractivity contribution in [1.29, 1.82) is 0 Å². The molecule has 1 aliphatic rings. The molecule has 1 aromatic rings. The smallest absolute Gasteiger partial charge is 0.257 e. The standard InChI is InChI=1S/C14H19N3O4S2/c1-10-3-4-11(23(19,20)16-5-7-21-2)9-12(10)13(18)17-14-15-6-8-22-14/h3-4,9,16H,5-8H2,1-2H3,(H,15,17,18). The second-order valence-electron chi connectivity index (χ2n) is 4.86. The van der Waals surface area contributed by atoms with Crippen LogP contribution < -0.4 is 10.0 Å². The fourth-order valence-electron chi connectivity index (χ4n) is 1.95. The van der Waals surface area contributed by atoms with E-state index < -0.39 is 10.0 Å². The minimum Gasteiger partial charge on any atom is -0.383 e. The fraction of sp³-hybridized carbons (Fsp3) is 0.429. The molecule has 2 rings (SSSR count). The summed E-state index contributed by atoms with van der Waals surface area (Å²) < 4.78 is 31.7. The van der Waals surface area contributed by atoms with Gasteiger partial charge in [-0.25, -0.2) is 13.1 Å². The number of benzene rings is 1. The Hall–Kier alpha value is -1.42. The molecular weight excluding hydrogens is 338 g/mol. The lowest BCUT2D eigenvalue weighted by molar-refractivity contribution is 0.0977. The van der Waals surface area contributed by atoms with E-state index in [2.05, 4.69) is 15.0 Å². The van der Waals surface area contributed by atoms with Gasteiger partial charge in [0.05, 0.1) is 18.0 Å². The molecule has 9 heteroatoms. The van der Waals surface area contributed by atoms with Gasteiger partial charge in [-0.1, -0.05) is 17.8 Å². The number of aryl methyl sites for hydroxylation is 1. The Morgan fingerprint density at radius 3 is 2.87 bits per heavy atom. The zero-order valence-corrected chi connectivity index (χ0v) is 14.6. The van der Waals surface area contributed by atoms with E-state index in [1.165, 1.54) is 31.0 Å². The van der Waals surface area contributed by atoms with Crippen LogP contribution in [0.4, 0.5) is 0 Å². The molecule has 0 saturated heterocycles. The third kappa shape index (κ3) is 4.77. The highest BCUT2D eigenvalue weighted by molar-refractivity contribution is 8.14. The van der Waals surface area contributed by atoms with Crippen LogP contribution in [0.25, 0.3) is 0 Å². The molecule has 7 nitrogen and oxygen atoms in total. The number of nitrogens with one attached hydrogen (secondary N) is 2. The number of amidine groups is 1. The molecule has 0 bridgehead atoms. The lowest BCUT2D eigenvalue weighted by atomic mass is 10.1. The Kier molecular flexibility index (Phi) is 6.17. The number of methoxy groups -OCH3 is 1. The molecule has 0 atom stereocenters. The number of hydrogen-bond acceptors (Lipinski definition) is 6. The molecule has 1 aromatic carbocycles. The molecule has 0 spiro atoms. The van der Waals surface area contributed by atoms with E-state index in [1.807, 2.05) is 0 Å². The second kappa shape index (κ2) is 7.91. The summed E-state index contributed by atoms with van der Waals surface area (Å²) in [6, 6.07) is 4.46. The average molecular weight is 357 g/mol. The number of ether oxygens (including phenoxy) is 1. The van der Waals surface area contributed by atoms with Crippen LogP contribution in [0.15, 0.2) is 28.1 Å². The van der Waals surface area contributed by atoms with Gasteiger partial charge in [0.25, 0.3) is 5.91 Å². The molecular formula is C14H19N3O4S2. The zero-order valence-electron chi connectivity index (χ0n) is 13.0. The van der Waals surface area contributed by atoms with Crippen LogP contribution in [0, 0.1) is 6.92 Å². The van der Waals surface area contributed by atoms with Crippen LogP contribution in [0.5, 0.6) is 0 Å². The predicted molar refractivity (Wildman–Crippen MR) is 90.5 cm³/mol. The largest absolute Gasteiger partial charge is 0.383 e. The third-order valence-electron chi connectivity index (χ3n) is 3.17. The van der Waals surface area contributed by atoms with E-state index in [4.69, 9.17) is 4.74 Å². The maximum Gasteiger partial charge on any atom is 0.257 e. The first-order valence-electron chi connectivity index (χ1n) is 7.02. The summed E-state index contributed by atoms with van der Waals surface area (Å²) in [6.07, 6.45) is 0. The van der Waals surface area contributed by atoms with Gasteiger partial charge in [-0.2, -0.15) is 0 Å². The molecule has 0 saturated carbocycles. The van der Waals surface area contributed by atoms with Crippen LogP contribution in [0.3, 0.4) is 0 Å². The summed E-state index contributed by atoms with van der Waals surface area (Å²) in [5, 5.41) is 3.28. The minimum atomic E-state index is -3.68. The zero-order chi connectivity index (χ0) is 16.9. The quantitative estimate of drug-likeness (QED) is 0.733. The van der Waals surface area contributed by atoms with E-state index in [0.717, 1.165) is 5.75 Å². The summed E-state index contributed by atoms with van der Waals surface area (Å²) in [7, 11) is -2.19. The van der Waals surface area contributed by atoms with Gasteiger partial charge in [0.1, 0.15) is 0 Å². The van der Waals surface area contributed by atoms with Gasteiger partial charge in [-0.15, -0.1) is 0 Å². The first-order chi connectivity index (χ1) is 10.9. The summed E-state index contributed by atoms with van der Waals surface area (Å²) in [6.45, 7) is 2.88. The molecule has 1 heterocycles. The Morgan fingerprint density at radius 1 is 1.43 bits per heavy atom. The number of amides is 1. The fourth-order valence-corrected chi connectivity index (χ4v) is 3.71. The van der Waals surface area contributed by atoms with Crippen LogP contribution in [-0.4, -0.2) is 52.1 Å². The molecule has 2 N–H and O–H groups in total. The SMILES string of the molecule is COCCNS(=O)(=O)c1ccc(C)c(C(=O)NC2=NCCS2)c1. The van der Waals surface area contributed by atoms with Crippen molar-refractivity contribution < 1.29 is 17.9 Å². The topological polar surface area (TPSA) is 96.9 Å². The summed E-state index contributed by atoms with van der Waals surface area (Å²) in [5.74, 6) is 0.483. The molecule has 126 valence electrons. The molecule has 23 heavy (non-hydrogen) atoms. The second-order valence-corrected chi connectivity index (χ2v) is 7.71. The first kappa shape index (κ1) is 17.9. The lowest BCUT2D eigenvalue weighted by Crippen LogP contribution is -2.29. The minimum absolute atomic E-state index is 0.0466. The van der Waals surface area contributed by atoms with E-state index in [1.54, 1.807) is 13.0 Å². The van der Waals surface area contributed by atoms with E-state index in [0.29, 0.717) is 22.8 Å². The molecule has 0 fully saturated rings. The molecule has 1 aliphatic heterocycles. The van der Waals surface area contributed by atoms with Gasteiger partial charge in [0, 0.05) is 25.0 Å². The van der Waals surface area contributed by atoms with Gasteiger partial charge in [0.15, 0.2) is 5.17 Å². The van der Waals surface area contributed by atoms with Gasteiger partial charge in [-0.05, 0) is 24.6 Å². The van der Waals surface area contributed by atoms with Crippen molar-refractivity contribution in [2.75, 3.05) is 32.6 Å². The van der Waals surface area contributed by atoms with E-state index in [9.17, 15) is 13.2 Å². The van der Waals surface area contributed by atoms with E-state index >= 15 is 0 Å². The normalized spacial score (nSPS) is 14.6. The molecule has 0 radical (unpaired) electrons. The van der Waals surface area contributed by atoms with Crippen LogP contribution in [0.2, 0.25) is 0 Å². The molecule has 0 unspecified atom stereocenters. The van der Waals surface area contributed by atoms with Crippen molar-refractivity contribution in [3.63, 3.8) is 0 Å². The number of carbonyl (C=O) groups excluding carboxylic acids is 1. The van der Waals surface area contributed by atoms with Gasteiger partial charge in [-0.3, -0.25) is 9.79 Å². The highest BCUT2D eigenvalue weighted by atomic mass is 32.2. The maximum atomic E-state index is 12.3. The number of sulfonamides is 1. The first-order valence-corrected chi connectivity index (χ1v) is 9.49. The van der Waals surface area contributed by atoms with Crippen LogP contribution in [-0.2, 0) is 14.8 Å². The summed E-state index contributed by atoms with van der Waals surface area (Å²) in [4.78, 5) is 16.5. The Morgan fingerprint density at radius 2 is 2.22 bits per heavy atom. The van der Waals surface area contributed by atoms with Crippen LogP contribution in [0.1, 0.15) is 15.9 Å². The summed E-state index contributed by atoms with van der Waals surface area (Å²) >= 11 is 1.47. The number of thioether (sulfide) groups is 1. The maximum absolute atomic E-state index is 12.3. The highest BCUT2D eigenvalue weighted by Crippen LogP contribution is 2.17. The molecule has 0 aromatic heterocycles. The Bertz CT molecular complexity index is 717. The number of nitrogens with zero attached hydrogens (tertiary/aromatic N) is 1. The van der Waals surface area contributed by atoms with Crippen molar-refractivity contribution in [2.24, 2.45) is 4.99 Å². The number of rotatable bonds is 6. The molecule has 1 amide bonds. The van der Waals surface area contributed by atoms with Crippen molar-refractivity contribution in [3.8, 4) is 0 Å². The molecule has 0 aliphatic carbocycles. The van der Waals surface area contributed by atoms with Crippen molar-refractivity contribution in [2.45, 2.75) is 11.8 Å². The van der Waals surface area contributed by atoms with Gasteiger partial charge >= 0.3 is 0 Å². The Balaban J connectivity index is 2.19. The summed E-state index contributed by atoms with van der Waals surface area (Å²) in [5.41, 5.74) is 1.01. The van der Waals surface area contributed by atoms with Crippen LogP contribution >= 0.6 is 11.8 Å². The monoisotopic (exact) mass is 357 g/mol. The third-order valence-corrected chi connectivity index (χ3v) is 5.52. The Labute approximate surface area is 139 Å². The van der Waals surface area contributed by atoms with Gasteiger partial charge < -0.3 is 10.1 Å². The van der Waals surface area contributed by atoms with E-state index in [-0.39, 0.29) is 24.0 Å². The average Bonchev–Trinajstić information content (AvgIpc) is 3.00. The number of carbonyl (C=O) groups is 1. The van der Waals surface area contributed by atoms with Crippen molar-refractivity contribution in [3.05, 3.63) is 29.3 Å². The van der Waals surface area contributed by atoms with Gasteiger partial charge in [0.2, 0.25) is 10.0 Å². The predicted octanol–water partition coefficient (Wildman–Crippen LogP) is 0.752.